The molecule has 0 radical (unpaired) electrons. The third kappa shape index (κ3) is 0.914. The first-order chi connectivity index (χ1) is 4.88. The molecular weight excluding hydrogens is 183 g/mol. The van der Waals surface area contributed by atoms with Gasteiger partial charge in [-0.1, -0.05) is 0 Å². The van der Waals surface area contributed by atoms with E-state index in [4.69, 9.17) is 0 Å². The monoisotopic (exact) mass is 194 g/mol. The molecule has 0 amide bonds. The number of hydrogen-bond acceptors (Lipinski definition) is 0. The molecule has 0 saturated heterocycles. The van der Waals surface area contributed by atoms with Crippen molar-refractivity contribution in [3.8, 4) is 0 Å². The van der Waals surface area contributed by atoms with Crippen LogP contribution in [0.3, 0.4) is 0 Å². The molecule has 1 heterocycles. The maximum absolute atomic E-state index is 2.46. The van der Waals surface area contributed by atoms with E-state index in [9.17, 15) is 0 Å². The van der Waals surface area contributed by atoms with Gasteiger partial charge >= 0.3 is 66.2 Å². The van der Waals surface area contributed by atoms with Crippen molar-refractivity contribution in [3.63, 3.8) is 0 Å². The number of fused-ring (bicyclic) bond motifs is 1. The van der Waals surface area contributed by atoms with Gasteiger partial charge in [0.15, 0.2) is 0 Å². The number of benzene rings is 1. The fourth-order valence-electron chi connectivity index (χ4n) is 1.50. The average Bonchev–Trinajstić information content (AvgIpc) is 2.34. The van der Waals surface area contributed by atoms with E-state index in [-0.39, 0.29) is 0 Å². The first kappa shape index (κ1) is 6.49. The Balaban J connectivity index is 2.51. The van der Waals surface area contributed by atoms with Crippen LogP contribution in [0.25, 0.3) is 0 Å². The Morgan fingerprint density at radius 2 is 2.10 bits per heavy atom. The summed E-state index contributed by atoms with van der Waals surface area (Å²) < 4.78 is 1.72. The zero-order valence-corrected chi connectivity index (χ0v) is 8.05. The van der Waals surface area contributed by atoms with E-state index in [2.05, 4.69) is 30.0 Å². The van der Waals surface area contributed by atoms with Gasteiger partial charge in [-0.25, -0.2) is 0 Å². The van der Waals surface area contributed by atoms with E-state index in [1.54, 1.807) is 9.91 Å². The molecule has 10 heavy (non-hydrogen) atoms. The van der Waals surface area contributed by atoms with Crippen LogP contribution in [0.5, 0.6) is 0 Å². The Morgan fingerprint density at radius 1 is 1.30 bits per heavy atom. The van der Waals surface area contributed by atoms with Crippen LogP contribution in [0.2, 0.25) is 10.9 Å². The summed E-state index contributed by atoms with van der Waals surface area (Å²) in [6.07, 6.45) is 1.35. The standard InChI is InChI=1S/C9H11As/c1-10-7-6-8-4-2-3-5-9(8)10/h2-5H,6-7H2,1H3. The minimum atomic E-state index is -0.509. The molecule has 0 nitrogen and oxygen atoms in total. The molecule has 52 valence electrons. The van der Waals surface area contributed by atoms with Crippen molar-refractivity contribution < 1.29 is 0 Å². The van der Waals surface area contributed by atoms with Crippen LogP contribution in [0.4, 0.5) is 0 Å². The summed E-state index contributed by atoms with van der Waals surface area (Å²) >= 11 is -0.509. The summed E-state index contributed by atoms with van der Waals surface area (Å²) in [6.45, 7) is 0. The molecule has 1 atom stereocenters. The Labute approximate surface area is 66.5 Å². The van der Waals surface area contributed by atoms with E-state index in [1.165, 1.54) is 11.6 Å². The number of rotatable bonds is 0. The molecule has 2 rings (SSSR count). The van der Waals surface area contributed by atoms with Gasteiger partial charge in [0.2, 0.25) is 0 Å². The van der Waals surface area contributed by atoms with Gasteiger partial charge in [-0.15, -0.1) is 0 Å². The van der Waals surface area contributed by atoms with Crippen molar-refractivity contribution in [2.75, 3.05) is 0 Å². The van der Waals surface area contributed by atoms with Crippen molar-refractivity contribution >= 4 is 19.0 Å². The Bertz CT molecular complexity index is 242. The molecule has 0 N–H and O–H groups in total. The Kier molecular flexibility index (Phi) is 1.58. The van der Waals surface area contributed by atoms with Gasteiger partial charge in [0.1, 0.15) is 0 Å². The summed E-state index contributed by atoms with van der Waals surface area (Å²) in [5.74, 6) is 0. The van der Waals surface area contributed by atoms with Gasteiger partial charge in [-0.2, -0.15) is 0 Å². The Hall–Kier alpha value is -0.222. The second-order valence-corrected chi connectivity index (χ2v) is 7.68. The molecule has 0 aliphatic carbocycles. The predicted octanol–water partition coefficient (Wildman–Crippen LogP) is 1.57. The average molecular weight is 194 g/mol. The first-order valence-corrected chi connectivity index (χ1v) is 7.81. The number of hydrogen-bond donors (Lipinski definition) is 0. The van der Waals surface area contributed by atoms with Crippen molar-refractivity contribution in [2.45, 2.75) is 17.3 Å². The van der Waals surface area contributed by atoms with Crippen molar-refractivity contribution in [1.29, 1.82) is 0 Å². The van der Waals surface area contributed by atoms with Crippen LogP contribution in [0, 0.1) is 0 Å². The van der Waals surface area contributed by atoms with Crippen LogP contribution >= 0.6 is 0 Å². The second kappa shape index (κ2) is 2.43. The molecule has 0 aromatic heterocycles. The van der Waals surface area contributed by atoms with Gasteiger partial charge in [0.05, 0.1) is 0 Å². The SMILES string of the molecule is C[As]1CCc2ccccc21. The van der Waals surface area contributed by atoms with Crippen LogP contribution < -0.4 is 4.35 Å². The zero-order valence-electron chi connectivity index (χ0n) is 6.17. The van der Waals surface area contributed by atoms with E-state index < -0.39 is 14.7 Å². The van der Waals surface area contributed by atoms with Gasteiger partial charge in [-0.3, -0.25) is 0 Å². The summed E-state index contributed by atoms with van der Waals surface area (Å²) in [5, 5.41) is 1.49. The van der Waals surface area contributed by atoms with Gasteiger partial charge in [0.25, 0.3) is 0 Å². The third-order valence-corrected chi connectivity index (χ3v) is 6.64. The number of aryl methyl sites for hydroxylation is 1. The minimum absolute atomic E-state index is 0.509. The quantitative estimate of drug-likeness (QED) is 0.550. The summed E-state index contributed by atoms with van der Waals surface area (Å²) in [6, 6.07) is 8.94. The summed E-state index contributed by atoms with van der Waals surface area (Å²) in [7, 11) is 0. The summed E-state index contributed by atoms with van der Waals surface area (Å²) in [5.41, 5.74) is 4.09. The van der Waals surface area contributed by atoms with Gasteiger partial charge in [-0.05, 0) is 0 Å². The van der Waals surface area contributed by atoms with E-state index in [0.29, 0.717) is 0 Å². The molecule has 1 aliphatic heterocycles. The van der Waals surface area contributed by atoms with Crippen molar-refractivity contribution in [2.24, 2.45) is 0 Å². The van der Waals surface area contributed by atoms with E-state index in [0.717, 1.165) is 0 Å². The fourth-order valence-corrected chi connectivity index (χ4v) is 5.35. The van der Waals surface area contributed by atoms with Crippen molar-refractivity contribution in [1.82, 2.24) is 0 Å². The van der Waals surface area contributed by atoms with Crippen molar-refractivity contribution in [3.05, 3.63) is 29.8 Å². The Morgan fingerprint density at radius 3 is 2.90 bits per heavy atom. The zero-order chi connectivity index (χ0) is 6.97. The molecule has 1 aromatic carbocycles. The van der Waals surface area contributed by atoms with E-state index in [1.807, 2.05) is 0 Å². The van der Waals surface area contributed by atoms with Gasteiger partial charge < -0.3 is 0 Å². The first-order valence-electron chi connectivity index (χ1n) is 3.67. The second-order valence-electron chi connectivity index (χ2n) is 2.80. The fraction of sp³-hybridized carbons (Fsp3) is 0.333. The van der Waals surface area contributed by atoms with Gasteiger partial charge in [0, 0.05) is 0 Å². The molecular formula is C9H11As. The van der Waals surface area contributed by atoms with Crippen LogP contribution in [-0.2, 0) is 6.42 Å². The molecule has 0 saturated carbocycles. The molecule has 1 heteroatoms. The van der Waals surface area contributed by atoms with Crippen LogP contribution in [-0.4, -0.2) is 14.7 Å². The topological polar surface area (TPSA) is 0 Å². The van der Waals surface area contributed by atoms with Crippen LogP contribution in [0.1, 0.15) is 5.56 Å². The third-order valence-electron chi connectivity index (χ3n) is 2.12. The molecule has 1 unspecified atom stereocenters. The molecule has 0 bridgehead atoms. The molecule has 1 aliphatic rings. The van der Waals surface area contributed by atoms with Crippen LogP contribution in [0.15, 0.2) is 24.3 Å². The molecule has 0 fully saturated rings. The predicted molar refractivity (Wildman–Crippen MR) is 46.2 cm³/mol. The molecule has 0 spiro atoms. The summed E-state index contributed by atoms with van der Waals surface area (Å²) in [4.78, 5) is 0. The molecule has 1 aromatic rings. The normalized spacial score (nSPS) is 22.7. The maximum atomic E-state index is 2.46. The van der Waals surface area contributed by atoms with E-state index >= 15 is 0 Å².